The fourth-order valence-corrected chi connectivity index (χ4v) is 5.03. The van der Waals surface area contributed by atoms with E-state index in [0.717, 1.165) is 0 Å². The third kappa shape index (κ3) is 3.19. The monoisotopic (exact) mass is 310 g/mol. The van der Waals surface area contributed by atoms with Gasteiger partial charge in [0.25, 0.3) is 0 Å². The van der Waals surface area contributed by atoms with Crippen LogP contribution in [-0.4, -0.2) is 39.4 Å². The van der Waals surface area contributed by atoms with E-state index in [1.54, 1.807) is 0 Å². The molecule has 1 saturated heterocycles. The topological polar surface area (TPSA) is 93.2 Å². The highest BCUT2D eigenvalue weighted by molar-refractivity contribution is 7.92. The Morgan fingerprint density at radius 3 is 2.72 bits per heavy atom. The van der Waals surface area contributed by atoms with Gasteiger partial charge in [0, 0.05) is 12.2 Å². The largest absolute Gasteiger partial charge is 0.244 e. The van der Waals surface area contributed by atoms with Gasteiger partial charge in [0.2, 0.25) is 10.0 Å². The van der Waals surface area contributed by atoms with Crippen LogP contribution in [0.25, 0.3) is 0 Å². The lowest BCUT2D eigenvalue weighted by molar-refractivity contribution is 0.562. The van der Waals surface area contributed by atoms with E-state index in [-0.39, 0.29) is 21.6 Å². The fourth-order valence-electron chi connectivity index (χ4n) is 1.73. The second kappa shape index (κ2) is 4.76. The number of sulfone groups is 1. The van der Waals surface area contributed by atoms with Gasteiger partial charge in [0.15, 0.2) is 9.84 Å². The van der Waals surface area contributed by atoms with Crippen molar-refractivity contribution in [1.29, 1.82) is 0 Å². The molecule has 9 heteroatoms. The Balaban J connectivity index is 2.18. The quantitative estimate of drug-likeness (QED) is 0.805. The molecule has 2 heterocycles. The number of nitrogens with zero attached hydrogens (tertiary/aromatic N) is 1. The molecule has 0 radical (unpaired) electrons. The molecule has 1 aromatic rings. The lowest BCUT2D eigenvalue weighted by atomic mass is 10.3. The van der Waals surface area contributed by atoms with Crippen LogP contribution in [0.1, 0.15) is 6.42 Å². The van der Waals surface area contributed by atoms with Crippen LogP contribution < -0.4 is 4.72 Å². The molecule has 1 fully saturated rings. The van der Waals surface area contributed by atoms with Crippen LogP contribution in [-0.2, 0) is 19.9 Å². The Morgan fingerprint density at radius 1 is 1.44 bits per heavy atom. The number of halogens is 1. The Bertz CT molecular complexity index is 657. The standard InChI is InChI=1S/C9H11ClN2O4S2/c10-9-5-8(1-3-11-9)18(15,16)12-7-2-4-17(13,14)6-7/h1,3,5,7,12H,2,4,6H2. The zero-order valence-corrected chi connectivity index (χ0v) is 11.6. The Kier molecular flexibility index (Phi) is 3.63. The molecule has 1 unspecified atom stereocenters. The number of aromatic nitrogens is 1. The SMILES string of the molecule is O=S1(=O)CCC(NS(=O)(=O)c2ccnc(Cl)c2)C1. The fraction of sp³-hybridized carbons (Fsp3) is 0.444. The van der Waals surface area contributed by atoms with Crippen LogP contribution in [0, 0.1) is 0 Å². The van der Waals surface area contributed by atoms with Crippen LogP contribution in [0.3, 0.4) is 0 Å². The Morgan fingerprint density at radius 2 is 2.17 bits per heavy atom. The highest BCUT2D eigenvalue weighted by Crippen LogP contribution is 2.17. The molecule has 1 N–H and O–H groups in total. The van der Waals surface area contributed by atoms with E-state index in [2.05, 4.69) is 9.71 Å². The first-order valence-electron chi connectivity index (χ1n) is 5.13. The average Bonchev–Trinajstić information content (AvgIpc) is 2.57. The summed E-state index contributed by atoms with van der Waals surface area (Å²) in [6.45, 7) is 0. The average molecular weight is 311 g/mol. The zero-order chi connectivity index (χ0) is 13.4. The molecular formula is C9H11ClN2O4S2. The van der Waals surface area contributed by atoms with Gasteiger partial charge in [-0.2, -0.15) is 0 Å². The molecular weight excluding hydrogens is 300 g/mol. The summed E-state index contributed by atoms with van der Waals surface area (Å²) in [7, 11) is -6.88. The molecule has 1 atom stereocenters. The van der Waals surface area contributed by atoms with Gasteiger partial charge in [0.05, 0.1) is 16.4 Å². The summed E-state index contributed by atoms with van der Waals surface area (Å²) in [6.07, 6.45) is 1.57. The van der Waals surface area contributed by atoms with Gasteiger partial charge in [-0.1, -0.05) is 11.6 Å². The maximum atomic E-state index is 12.0. The molecule has 0 saturated carbocycles. The van der Waals surface area contributed by atoms with E-state index in [1.165, 1.54) is 18.3 Å². The van der Waals surface area contributed by atoms with E-state index in [9.17, 15) is 16.8 Å². The normalized spacial score (nSPS) is 23.1. The van der Waals surface area contributed by atoms with E-state index < -0.39 is 25.9 Å². The molecule has 100 valence electrons. The lowest BCUT2D eigenvalue weighted by Crippen LogP contribution is -2.35. The first-order valence-corrected chi connectivity index (χ1v) is 8.81. The highest BCUT2D eigenvalue weighted by Gasteiger charge is 2.31. The molecule has 18 heavy (non-hydrogen) atoms. The first kappa shape index (κ1) is 13.7. The van der Waals surface area contributed by atoms with Gasteiger partial charge < -0.3 is 0 Å². The van der Waals surface area contributed by atoms with Gasteiger partial charge in [-0.3, -0.25) is 0 Å². The van der Waals surface area contributed by atoms with Crippen molar-refractivity contribution in [2.24, 2.45) is 0 Å². The van der Waals surface area contributed by atoms with E-state index in [4.69, 9.17) is 11.6 Å². The van der Waals surface area contributed by atoms with Crippen molar-refractivity contribution < 1.29 is 16.8 Å². The molecule has 1 aliphatic heterocycles. The van der Waals surface area contributed by atoms with E-state index in [1.807, 2.05) is 0 Å². The number of rotatable bonds is 3. The molecule has 1 aromatic heterocycles. The van der Waals surface area contributed by atoms with Crippen molar-refractivity contribution in [2.45, 2.75) is 17.4 Å². The molecule has 0 amide bonds. The van der Waals surface area contributed by atoms with Gasteiger partial charge in [-0.05, 0) is 18.6 Å². The minimum atomic E-state index is -3.76. The second-order valence-corrected chi connectivity index (χ2v) is 8.37. The lowest BCUT2D eigenvalue weighted by Gasteiger charge is -2.11. The number of hydrogen-bond acceptors (Lipinski definition) is 5. The predicted molar refractivity (Wildman–Crippen MR) is 66.6 cm³/mol. The predicted octanol–water partition coefficient (Wildman–Crippen LogP) is 0.200. The van der Waals surface area contributed by atoms with Gasteiger partial charge in [0.1, 0.15) is 5.15 Å². The molecule has 0 bridgehead atoms. The molecule has 2 rings (SSSR count). The highest BCUT2D eigenvalue weighted by atomic mass is 35.5. The summed E-state index contributed by atoms with van der Waals surface area (Å²) in [5.41, 5.74) is 0. The maximum Gasteiger partial charge on any atom is 0.241 e. The third-order valence-electron chi connectivity index (χ3n) is 2.56. The van der Waals surface area contributed by atoms with Gasteiger partial charge in [-0.25, -0.2) is 26.5 Å². The minimum absolute atomic E-state index is 0.0112. The van der Waals surface area contributed by atoms with Crippen LogP contribution in [0.15, 0.2) is 23.2 Å². The minimum Gasteiger partial charge on any atom is -0.244 e. The smallest absolute Gasteiger partial charge is 0.241 e. The summed E-state index contributed by atoms with van der Waals surface area (Å²) in [4.78, 5) is 3.66. The van der Waals surface area contributed by atoms with Crippen LogP contribution >= 0.6 is 11.6 Å². The summed E-state index contributed by atoms with van der Waals surface area (Å²) in [5, 5.41) is 0.0666. The summed E-state index contributed by atoms with van der Waals surface area (Å²) >= 11 is 5.61. The van der Waals surface area contributed by atoms with Crippen LogP contribution in [0.5, 0.6) is 0 Å². The molecule has 0 spiro atoms. The van der Waals surface area contributed by atoms with Crippen molar-refractivity contribution in [3.63, 3.8) is 0 Å². The zero-order valence-electron chi connectivity index (χ0n) is 9.21. The first-order chi connectivity index (χ1) is 8.28. The van der Waals surface area contributed by atoms with Crippen molar-refractivity contribution in [3.05, 3.63) is 23.5 Å². The Hall–Kier alpha value is -0.700. The molecule has 0 aliphatic carbocycles. The van der Waals surface area contributed by atoms with Crippen molar-refractivity contribution in [1.82, 2.24) is 9.71 Å². The summed E-state index contributed by atoms with van der Waals surface area (Å²) < 4.78 is 48.8. The number of nitrogens with one attached hydrogen (secondary N) is 1. The number of hydrogen-bond donors (Lipinski definition) is 1. The number of pyridine rings is 1. The summed E-state index contributed by atoms with van der Waals surface area (Å²) in [5.74, 6) is -0.150. The van der Waals surface area contributed by atoms with Crippen molar-refractivity contribution in [3.8, 4) is 0 Å². The Labute approximate surface area is 110 Å². The second-order valence-electron chi connectivity index (χ2n) is 4.04. The third-order valence-corrected chi connectivity index (χ3v) is 6.06. The number of sulfonamides is 1. The van der Waals surface area contributed by atoms with E-state index in [0.29, 0.717) is 6.42 Å². The summed E-state index contributed by atoms with van der Waals surface area (Å²) in [6, 6.07) is 1.94. The van der Waals surface area contributed by atoms with Crippen molar-refractivity contribution in [2.75, 3.05) is 11.5 Å². The molecule has 6 nitrogen and oxygen atoms in total. The van der Waals surface area contributed by atoms with Crippen LogP contribution in [0.4, 0.5) is 0 Å². The van der Waals surface area contributed by atoms with Crippen LogP contribution in [0.2, 0.25) is 5.15 Å². The maximum absolute atomic E-state index is 12.0. The van der Waals surface area contributed by atoms with Gasteiger partial charge in [-0.15, -0.1) is 0 Å². The van der Waals surface area contributed by atoms with Gasteiger partial charge >= 0.3 is 0 Å². The molecule has 1 aliphatic rings. The van der Waals surface area contributed by atoms with Crippen molar-refractivity contribution >= 4 is 31.5 Å². The van der Waals surface area contributed by atoms with E-state index >= 15 is 0 Å². The molecule has 0 aromatic carbocycles.